The summed E-state index contributed by atoms with van der Waals surface area (Å²) in [5.74, 6) is -2.96. The molecular weight excluding hydrogens is 989 g/mol. The molecule has 0 aliphatic carbocycles. The van der Waals surface area contributed by atoms with Crippen molar-refractivity contribution >= 4 is 104 Å². The Hall–Kier alpha value is -11.4. The molecular formula is C60H36N10O8. The van der Waals surface area contributed by atoms with E-state index in [1.54, 1.807) is 84.9 Å². The quantitative estimate of drug-likeness (QED) is 0.0704. The fourth-order valence-corrected chi connectivity index (χ4v) is 10.4. The van der Waals surface area contributed by atoms with Gasteiger partial charge in [0.2, 0.25) is 0 Å². The van der Waals surface area contributed by atoms with Crippen LogP contribution in [0.2, 0.25) is 0 Å². The highest BCUT2D eigenvalue weighted by molar-refractivity contribution is 6.15. The summed E-state index contributed by atoms with van der Waals surface area (Å²) in [4.78, 5) is 99.2. The largest absolute Gasteiger partial charge is 0.354 e. The molecule has 78 heavy (non-hydrogen) atoms. The maximum Gasteiger partial charge on any atom is 0.282 e. The zero-order valence-corrected chi connectivity index (χ0v) is 40.4. The molecule has 9 aromatic rings. The van der Waals surface area contributed by atoms with Crippen LogP contribution in [0.5, 0.6) is 0 Å². The first kappa shape index (κ1) is 46.4. The lowest BCUT2D eigenvalue weighted by Gasteiger charge is -2.14. The molecule has 6 aliphatic heterocycles. The minimum absolute atomic E-state index is 0.0737. The van der Waals surface area contributed by atoms with Gasteiger partial charge in [0, 0.05) is 113 Å². The first-order valence-corrected chi connectivity index (χ1v) is 24.3. The zero-order valence-electron chi connectivity index (χ0n) is 40.4. The van der Waals surface area contributed by atoms with Crippen molar-refractivity contribution in [2.24, 2.45) is 0 Å². The molecule has 9 heterocycles. The van der Waals surface area contributed by atoms with Crippen LogP contribution in [0.3, 0.4) is 0 Å². The van der Waals surface area contributed by atoms with Gasteiger partial charge in [-0.15, -0.1) is 0 Å². The standard InChI is InChI=1S/C60H36N10O8/c71-57-31-17-19-37(51(29-31)69(75)76)59(73)67-41-15-7-3-11-35(41)55-47-25-21-43(61-47)53(33-9-1-5-13-39(33)65-57)45-23-27-49(63-45)56-36-12-4-8-16-42(36)68-60(74)38-20-18-32(30-52(38)70(77)78)58(72)66-40-14-6-2-10-34(40)54(44-22-26-48(56)62-44)46-24-28-50(55)64-46/h1-30,63-64H,(H,65,71)(H,66,72)(H,67,73)(H,68,74). The third kappa shape index (κ3) is 7.84. The van der Waals surface area contributed by atoms with Crippen LogP contribution >= 0.6 is 0 Å². The summed E-state index contributed by atoms with van der Waals surface area (Å²) >= 11 is 0. The van der Waals surface area contributed by atoms with Crippen molar-refractivity contribution in [1.29, 1.82) is 0 Å². The third-order valence-electron chi connectivity index (χ3n) is 13.9. The Bertz CT molecular complexity index is 4170. The second-order valence-electron chi connectivity index (χ2n) is 18.5. The predicted molar refractivity (Wildman–Crippen MR) is 299 cm³/mol. The Morgan fingerprint density at radius 1 is 0.333 bits per heavy atom. The minimum Gasteiger partial charge on any atom is -0.354 e. The highest BCUT2D eigenvalue weighted by atomic mass is 16.6. The maximum atomic E-state index is 14.3. The number of nitrogens with one attached hydrogen (secondary N) is 6. The number of hydrogen-bond donors (Lipinski definition) is 6. The highest BCUT2D eigenvalue weighted by Gasteiger charge is 2.29. The van der Waals surface area contributed by atoms with Gasteiger partial charge < -0.3 is 31.2 Å². The molecule has 0 saturated heterocycles. The lowest BCUT2D eigenvalue weighted by Crippen LogP contribution is -2.17. The number of benzene rings is 6. The number of aromatic amines is 2. The van der Waals surface area contributed by atoms with E-state index >= 15 is 0 Å². The van der Waals surface area contributed by atoms with Gasteiger partial charge in [-0.05, 0) is 97.1 Å². The molecule has 6 aromatic carbocycles. The van der Waals surface area contributed by atoms with Crippen molar-refractivity contribution in [2.75, 3.05) is 21.3 Å². The van der Waals surface area contributed by atoms with E-state index in [2.05, 4.69) is 31.2 Å². The number of aromatic nitrogens is 4. The smallest absolute Gasteiger partial charge is 0.282 e. The van der Waals surface area contributed by atoms with Crippen LogP contribution in [0.1, 0.15) is 64.2 Å². The summed E-state index contributed by atoms with van der Waals surface area (Å²) in [5.41, 5.74) is 7.32. The topological polar surface area (TPSA) is 260 Å². The lowest BCUT2D eigenvalue weighted by molar-refractivity contribution is -0.385. The van der Waals surface area contributed by atoms with Gasteiger partial charge in [0.25, 0.3) is 35.0 Å². The number of fused-ring (bicyclic) bond motifs is 12. The summed E-state index contributed by atoms with van der Waals surface area (Å²) in [5, 5.41) is 37.2. The van der Waals surface area contributed by atoms with Crippen LogP contribution in [0, 0.1) is 20.2 Å². The number of amides is 4. The Morgan fingerprint density at radius 3 is 0.910 bits per heavy atom. The van der Waals surface area contributed by atoms with Gasteiger partial charge in [0.05, 0.1) is 32.6 Å². The number of hydrogen-bond acceptors (Lipinski definition) is 10. The number of carbonyl (C=O) groups is 4. The Kier molecular flexibility index (Phi) is 10.8. The number of carbonyl (C=O) groups excluding carboxylic acids is 4. The Morgan fingerprint density at radius 2 is 0.615 bits per heavy atom. The molecule has 0 radical (unpaired) electrons. The van der Waals surface area contributed by atoms with Crippen LogP contribution in [0.15, 0.2) is 158 Å². The number of anilines is 4. The molecule has 0 fully saturated rings. The van der Waals surface area contributed by atoms with E-state index in [-0.39, 0.29) is 33.6 Å². The van der Waals surface area contributed by atoms with Crippen molar-refractivity contribution in [2.45, 2.75) is 0 Å². The average Bonchev–Trinajstić information content (AvgIpc) is 4.38. The van der Waals surface area contributed by atoms with E-state index in [9.17, 15) is 39.4 Å². The molecule has 4 amide bonds. The Balaban J connectivity index is 1.21. The second-order valence-corrected chi connectivity index (χ2v) is 18.5. The number of rotatable bonds is 2. The van der Waals surface area contributed by atoms with Crippen LogP contribution in [0.25, 0.3) is 90.9 Å². The molecule has 3 aromatic heterocycles. The van der Waals surface area contributed by atoms with Crippen LogP contribution < -0.4 is 21.3 Å². The fraction of sp³-hybridized carbons (Fsp3) is 0. The average molecular weight is 1030 g/mol. The van der Waals surface area contributed by atoms with Crippen LogP contribution in [-0.4, -0.2) is 53.4 Å². The first-order chi connectivity index (χ1) is 37.9. The van der Waals surface area contributed by atoms with Gasteiger partial charge in [-0.3, -0.25) is 39.4 Å². The van der Waals surface area contributed by atoms with Crippen molar-refractivity contribution in [3.8, 4) is 44.5 Å². The number of nitro groups is 2. The van der Waals surface area contributed by atoms with Gasteiger partial charge in [-0.25, -0.2) is 9.97 Å². The fourth-order valence-electron chi connectivity index (χ4n) is 10.4. The first-order valence-electron chi connectivity index (χ1n) is 24.3. The number of H-pyrrole nitrogens is 2. The maximum absolute atomic E-state index is 14.3. The molecule has 0 saturated carbocycles. The summed E-state index contributed by atoms with van der Waals surface area (Å²) in [7, 11) is 0. The van der Waals surface area contributed by atoms with Crippen molar-refractivity contribution in [1.82, 2.24) is 19.9 Å². The molecule has 6 N–H and O–H groups in total. The van der Waals surface area contributed by atoms with Gasteiger partial charge in [-0.2, -0.15) is 0 Å². The van der Waals surface area contributed by atoms with Gasteiger partial charge >= 0.3 is 0 Å². The lowest BCUT2D eigenvalue weighted by atomic mass is 10.0. The zero-order chi connectivity index (χ0) is 53.3. The minimum atomic E-state index is -0.799. The molecule has 15 rings (SSSR count). The summed E-state index contributed by atoms with van der Waals surface area (Å²) in [6.45, 7) is 0. The van der Waals surface area contributed by atoms with E-state index in [1.807, 2.05) is 60.7 Å². The van der Waals surface area contributed by atoms with Crippen molar-refractivity contribution in [3.63, 3.8) is 0 Å². The number of nitrogens with zero attached hydrogens (tertiary/aromatic N) is 4. The summed E-state index contributed by atoms with van der Waals surface area (Å²) in [6.07, 6.45) is 7.39. The molecule has 16 bridgehead atoms. The van der Waals surface area contributed by atoms with E-state index in [0.717, 1.165) is 12.1 Å². The van der Waals surface area contributed by atoms with Crippen LogP contribution in [-0.2, 0) is 0 Å². The molecule has 6 aliphatic rings. The van der Waals surface area contributed by atoms with E-state index in [1.165, 1.54) is 24.3 Å². The normalized spacial score (nSPS) is 13.2. The van der Waals surface area contributed by atoms with Crippen LogP contribution in [0.4, 0.5) is 34.1 Å². The second kappa shape index (κ2) is 18.2. The van der Waals surface area contributed by atoms with Gasteiger partial charge in [0.1, 0.15) is 11.1 Å². The van der Waals surface area contributed by atoms with Crippen molar-refractivity contribution in [3.05, 3.63) is 223 Å². The van der Waals surface area contributed by atoms with E-state index < -0.39 is 44.9 Å². The summed E-state index contributed by atoms with van der Waals surface area (Å²) < 4.78 is 0. The Labute approximate surface area is 440 Å². The molecule has 374 valence electrons. The molecule has 0 unspecified atom stereocenters. The van der Waals surface area contributed by atoms with Gasteiger partial charge in [0.15, 0.2) is 0 Å². The molecule has 0 spiro atoms. The summed E-state index contributed by atoms with van der Waals surface area (Å²) in [6, 6.07) is 42.9. The predicted octanol–water partition coefficient (Wildman–Crippen LogP) is 12.8. The SMILES string of the molecule is O=C1Nc2ccccc2-c2c3nc(c(c4ccc([nH]4)c4c5nc(c(c6ccc2[nH]6)-c2ccccc2NC(=O)c2ccc(cc2[N+](=O)[O-])C(=O)Nc2ccccc2-4)C=C5)-c2ccccc2NC(=O)c2ccc1cc2[N+](=O)[O-])C=C3. The third-order valence-corrected chi connectivity index (χ3v) is 13.9. The van der Waals surface area contributed by atoms with E-state index in [4.69, 9.17) is 9.97 Å². The van der Waals surface area contributed by atoms with Crippen molar-refractivity contribution < 1.29 is 29.0 Å². The number of nitro benzene ring substituents is 2. The molecule has 18 nitrogen and oxygen atoms in total. The highest BCUT2D eigenvalue weighted by Crippen LogP contribution is 2.44. The van der Waals surface area contributed by atoms with Gasteiger partial charge in [-0.1, -0.05) is 72.8 Å². The van der Waals surface area contributed by atoms with E-state index in [0.29, 0.717) is 101 Å². The molecule has 0 atom stereocenters. The monoisotopic (exact) mass is 1020 g/mol. The number of para-hydroxylation sites is 4. The molecule has 18 heteroatoms.